The average Bonchev–Trinajstić information content (AvgIpc) is 3.07. The monoisotopic (exact) mass is 358 g/mol. The Bertz CT molecular complexity index is 778. The van der Waals surface area contributed by atoms with Gasteiger partial charge >= 0.3 is 0 Å². The molecule has 140 valence electrons. The highest BCUT2D eigenvalue weighted by atomic mass is 16.5. The highest BCUT2D eigenvalue weighted by molar-refractivity contribution is 5.93. The Morgan fingerprint density at radius 1 is 1.35 bits per heavy atom. The van der Waals surface area contributed by atoms with Crippen LogP contribution in [0.1, 0.15) is 35.3 Å². The van der Waals surface area contributed by atoms with Crippen LogP contribution in [-0.4, -0.2) is 59.4 Å². The molecule has 0 radical (unpaired) electrons. The third-order valence-corrected chi connectivity index (χ3v) is 4.81. The van der Waals surface area contributed by atoms with Crippen LogP contribution in [-0.2, 0) is 9.53 Å². The maximum absolute atomic E-state index is 12.7. The highest BCUT2D eigenvalue weighted by Gasteiger charge is 2.28. The quantitative estimate of drug-likeness (QED) is 0.797. The van der Waals surface area contributed by atoms with Crippen molar-refractivity contribution in [1.82, 2.24) is 19.6 Å². The molecule has 1 saturated heterocycles. The number of aromatic nitrogens is 2. The van der Waals surface area contributed by atoms with Gasteiger partial charge < -0.3 is 19.4 Å². The normalized spacial score (nSPS) is 15.4. The molecule has 0 unspecified atom stereocenters. The summed E-state index contributed by atoms with van der Waals surface area (Å²) in [6.45, 7) is 4.45. The number of piperidine rings is 1. The Balaban J connectivity index is 1.53. The van der Waals surface area contributed by atoms with E-state index in [1.165, 1.54) is 0 Å². The van der Waals surface area contributed by atoms with Crippen LogP contribution in [0.15, 0.2) is 24.5 Å². The Hall–Kier alpha value is -2.41. The minimum Gasteiger partial charge on any atom is -0.385 e. The second-order valence-corrected chi connectivity index (χ2v) is 6.80. The summed E-state index contributed by atoms with van der Waals surface area (Å²) in [5.74, 6) is -0.00738. The van der Waals surface area contributed by atoms with Crippen LogP contribution < -0.4 is 5.32 Å². The zero-order chi connectivity index (χ0) is 18.5. The summed E-state index contributed by atoms with van der Waals surface area (Å²) in [5, 5.41) is 2.95. The predicted molar refractivity (Wildman–Crippen MR) is 98.1 cm³/mol. The van der Waals surface area contributed by atoms with E-state index in [2.05, 4.69) is 10.3 Å². The van der Waals surface area contributed by atoms with Crippen LogP contribution >= 0.6 is 0 Å². The molecule has 0 spiro atoms. The van der Waals surface area contributed by atoms with E-state index in [9.17, 15) is 9.59 Å². The highest BCUT2D eigenvalue weighted by Crippen LogP contribution is 2.19. The molecule has 0 aromatic carbocycles. The van der Waals surface area contributed by atoms with Gasteiger partial charge in [0.2, 0.25) is 5.91 Å². The van der Waals surface area contributed by atoms with Gasteiger partial charge in [-0.1, -0.05) is 0 Å². The molecule has 3 heterocycles. The lowest BCUT2D eigenvalue weighted by molar-refractivity contribution is -0.126. The molecular formula is C19H26N4O3. The zero-order valence-electron chi connectivity index (χ0n) is 15.4. The van der Waals surface area contributed by atoms with Gasteiger partial charge in [0, 0.05) is 51.7 Å². The third-order valence-electron chi connectivity index (χ3n) is 4.81. The molecule has 2 aromatic rings. The average molecular weight is 358 g/mol. The van der Waals surface area contributed by atoms with E-state index in [0.29, 0.717) is 44.8 Å². The summed E-state index contributed by atoms with van der Waals surface area (Å²) >= 11 is 0. The van der Waals surface area contributed by atoms with Crippen molar-refractivity contribution in [3.8, 4) is 0 Å². The molecule has 2 aromatic heterocycles. The smallest absolute Gasteiger partial charge is 0.274 e. The van der Waals surface area contributed by atoms with Crippen molar-refractivity contribution in [2.24, 2.45) is 5.92 Å². The van der Waals surface area contributed by atoms with E-state index in [-0.39, 0.29) is 17.7 Å². The lowest BCUT2D eigenvalue weighted by atomic mass is 9.95. The van der Waals surface area contributed by atoms with E-state index < -0.39 is 0 Å². The summed E-state index contributed by atoms with van der Waals surface area (Å²) in [6.07, 6.45) is 5.87. The summed E-state index contributed by atoms with van der Waals surface area (Å²) in [7, 11) is 1.65. The number of amides is 2. The van der Waals surface area contributed by atoms with Crippen LogP contribution in [0.5, 0.6) is 0 Å². The Labute approximate surface area is 153 Å². The van der Waals surface area contributed by atoms with E-state index in [1.807, 2.05) is 29.7 Å². The van der Waals surface area contributed by atoms with Crippen molar-refractivity contribution in [3.63, 3.8) is 0 Å². The fraction of sp³-hybridized carbons (Fsp3) is 0.526. The molecule has 1 N–H and O–H groups in total. The first-order valence-electron chi connectivity index (χ1n) is 9.10. The fourth-order valence-electron chi connectivity index (χ4n) is 3.27. The minimum atomic E-state index is -0.0645. The van der Waals surface area contributed by atoms with E-state index in [0.717, 1.165) is 17.6 Å². The van der Waals surface area contributed by atoms with Gasteiger partial charge in [0.1, 0.15) is 11.3 Å². The van der Waals surface area contributed by atoms with Crippen LogP contribution in [0.25, 0.3) is 5.65 Å². The number of likely N-dealkylation sites (tertiary alicyclic amines) is 1. The molecule has 1 aliphatic heterocycles. The Morgan fingerprint density at radius 2 is 2.12 bits per heavy atom. The first kappa shape index (κ1) is 18.4. The summed E-state index contributed by atoms with van der Waals surface area (Å²) in [5.41, 5.74) is 2.34. The molecule has 7 heteroatoms. The Kier molecular flexibility index (Phi) is 5.88. The number of imidazole rings is 1. The molecule has 1 aliphatic rings. The van der Waals surface area contributed by atoms with Crippen LogP contribution in [0.4, 0.5) is 0 Å². The van der Waals surface area contributed by atoms with E-state index in [1.54, 1.807) is 18.2 Å². The van der Waals surface area contributed by atoms with Gasteiger partial charge in [0.25, 0.3) is 5.91 Å². The topological polar surface area (TPSA) is 75.9 Å². The number of hydrogen-bond acceptors (Lipinski definition) is 4. The molecule has 26 heavy (non-hydrogen) atoms. The van der Waals surface area contributed by atoms with Crippen molar-refractivity contribution < 1.29 is 14.3 Å². The molecule has 2 amide bonds. The van der Waals surface area contributed by atoms with Gasteiger partial charge in [-0.15, -0.1) is 0 Å². The molecule has 0 atom stereocenters. The summed E-state index contributed by atoms with van der Waals surface area (Å²) in [4.78, 5) is 31.1. The molecule has 1 fully saturated rings. The van der Waals surface area contributed by atoms with Crippen molar-refractivity contribution in [2.45, 2.75) is 26.2 Å². The van der Waals surface area contributed by atoms with Gasteiger partial charge in [0.05, 0.1) is 0 Å². The first-order chi connectivity index (χ1) is 12.6. The van der Waals surface area contributed by atoms with Crippen LogP contribution in [0, 0.1) is 12.8 Å². The first-order valence-corrected chi connectivity index (χ1v) is 9.10. The number of carbonyl (C=O) groups excluding carboxylic acids is 2. The molecule has 0 saturated carbocycles. The largest absolute Gasteiger partial charge is 0.385 e. The van der Waals surface area contributed by atoms with Gasteiger partial charge in [0.15, 0.2) is 0 Å². The minimum absolute atomic E-state index is 0.0229. The molecular weight excluding hydrogens is 332 g/mol. The number of pyridine rings is 1. The number of rotatable bonds is 6. The number of nitrogens with zero attached hydrogens (tertiary/aromatic N) is 3. The molecule has 3 rings (SSSR count). The number of ether oxygens (including phenoxy) is 1. The Morgan fingerprint density at radius 3 is 2.85 bits per heavy atom. The number of hydrogen-bond donors (Lipinski definition) is 1. The molecule has 7 nitrogen and oxygen atoms in total. The van der Waals surface area contributed by atoms with Crippen LogP contribution in [0.3, 0.4) is 0 Å². The lowest BCUT2D eigenvalue weighted by Gasteiger charge is -2.30. The van der Waals surface area contributed by atoms with Gasteiger partial charge in [-0.2, -0.15) is 0 Å². The van der Waals surface area contributed by atoms with Crippen molar-refractivity contribution in [2.75, 3.05) is 33.4 Å². The van der Waals surface area contributed by atoms with Crippen molar-refractivity contribution in [1.29, 1.82) is 0 Å². The fourth-order valence-corrected chi connectivity index (χ4v) is 3.27. The van der Waals surface area contributed by atoms with Crippen molar-refractivity contribution in [3.05, 3.63) is 35.8 Å². The maximum atomic E-state index is 12.7. The van der Waals surface area contributed by atoms with E-state index >= 15 is 0 Å². The third kappa shape index (κ3) is 4.22. The number of methoxy groups -OCH3 is 1. The van der Waals surface area contributed by atoms with Gasteiger partial charge in [-0.3, -0.25) is 9.59 Å². The summed E-state index contributed by atoms with van der Waals surface area (Å²) < 4.78 is 6.84. The van der Waals surface area contributed by atoms with Gasteiger partial charge in [-0.05, 0) is 43.9 Å². The number of nitrogens with one attached hydrogen (secondary N) is 1. The number of fused-ring (bicyclic) bond motifs is 1. The second kappa shape index (κ2) is 8.31. The van der Waals surface area contributed by atoms with Crippen molar-refractivity contribution >= 4 is 17.5 Å². The van der Waals surface area contributed by atoms with Crippen LogP contribution in [0.2, 0.25) is 0 Å². The zero-order valence-corrected chi connectivity index (χ0v) is 15.4. The number of aryl methyl sites for hydroxylation is 1. The predicted octanol–water partition coefficient (Wildman–Crippen LogP) is 1.65. The van der Waals surface area contributed by atoms with E-state index in [4.69, 9.17) is 4.74 Å². The SMILES string of the molecule is COCCCNC(=O)C1CCN(C(=O)c2cn3ccc(C)cc3n2)CC1. The van der Waals surface area contributed by atoms with Gasteiger partial charge in [-0.25, -0.2) is 4.98 Å². The molecule has 0 aliphatic carbocycles. The number of carbonyl (C=O) groups is 2. The second-order valence-electron chi connectivity index (χ2n) is 6.80. The maximum Gasteiger partial charge on any atom is 0.274 e. The summed E-state index contributed by atoms with van der Waals surface area (Å²) in [6, 6.07) is 3.94. The lowest BCUT2D eigenvalue weighted by Crippen LogP contribution is -2.43. The molecule has 0 bridgehead atoms. The standard InChI is InChI=1S/C19H26N4O3/c1-14-4-8-23-13-16(21-17(23)12-14)19(25)22-9-5-15(6-10-22)18(24)20-7-3-11-26-2/h4,8,12-13,15H,3,5-7,9-11H2,1-2H3,(H,20,24).